The molecule has 1 heterocycles. The molecule has 0 radical (unpaired) electrons. The third-order valence-electron chi connectivity index (χ3n) is 5.23. The van der Waals surface area contributed by atoms with Gasteiger partial charge >= 0.3 is 6.18 Å². The van der Waals surface area contributed by atoms with Gasteiger partial charge < -0.3 is 15.4 Å². The molecule has 2 N–H and O–H groups in total. The molecule has 1 saturated heterocycles. The second-order valence-corrected chi connectivity index (χ2v) is 8.23. The van der Waals surface area contributed by atoms with Crippen molar-refractivity contribution in [2.45, 2.75) is 57.0 Å². The van der Waals surface area contributed by atoms with Crippen LogP contribution in [0, 0.1) is 0 Å². The van der Waals surface area contributed by atoms with Gasteiger partial charge in [-0.05, 0) is 30.0 Å². The molecular formula is C23H29F3N2O. The molecule has 158 valence electrons. The van der Waals surface area contributed by atoms with Crippen LogP contribution in [0.25, 0.3) is 0 Å². The Labute approximate surface area is 170 Å². The molecular weight excluding hydrogens is 377 g/mol. The van der Waals surface area contributed by atoms with Crippen LogP contribution in [0.1, 0.15) is 43.5 Å². The minimum atomic E-state index is -4.33. The third-order valence-corrected chi connectivity index (χ3v) is 5.23. The number of nitrogens with one attached hydrogen (secondary N) is 2. The number of hydrogen-bond donors (Lipinski definition) is 2. The zero-order chi connectivity index (χ0) is 21.1. The summed E-state index contributed by atoms with van der Waals surface area (Å²) in [5.74, 6) is 0. The summed E-state index contributed by atoms with van der Waals surface area (Å²) in [6, 6.07) is 15.2. The molecule has 3 nitrogen and oxygen atoms in total. The van der Waals surface area contributed by atoms with Crippen LogP contribution in [0.4, 0.5) is 13.2 Å². The van der Waals surface area contributed by atoms with Gasteiger partial charge in [-0.1, -0.05) is 68.4 Å². The lowest BCUT2D eigenvalue weighted by molar-refractivity contribution is -0.159. The van der Waals surface area contributed by atoms with Crippen molar-refractivity contribution in [1.82, 2.24) is 10.6 Å². The van der Waals surface area contributed by atoms with Crippen molar-refractivity contribution in [2.24, 2.45) is 0 Å². The van der Waals surface area contributed by atoms with Gasteiger partial charge in [-0.2, -0.15) is 13.2 Å². The van der Waals surface area contributed by atoms with Gasteiger partial charge in [-0.25, -0.2) is 0 Å². The van der Waals surface area contributed by atoms with Crippen LogP contribution in [-0.4, -0.2) is 31.5 Å². The fourth-order valence-electron chi connectivity index (χ4n) is 3.83. The molecule has 2 aromatic rings. The van der Waals surface area contributed by atoms with Gasteiger partial charge in [0.15, 0.2) is 0 Å². The fourth-order valence-corrected chi connectivity index (χ4v) is 3.83. The van der Waals surface area contributed by atoms with Crippen molar-refractivity contribution >= 4 is 0 Å². The van der Waals surface area contributed by atoms with E-state index >= 15 is 0 Å². The molecule has 0 spiro atoms. The highest BCUT2D eigenvalue weighted by Gasteiger charge is 2.42. The molecule has 3 rings (SSSR count). The molecule has 1 aliphatic heterocycles. The monoisotopic (exact) mass is 406 g/mol. The van der Waals surface area contributed by atoms with Crippen molar-refractivity contribution in [3.8, 4) is 0 Å². The molecule has 2 unspecified atom stereocenters. The summed E-state index contributed by atoms with van der Waals surface area (Å²) in [4.78, 5) is 0. The van der Waals surface area contributed by atoms with Crippen LogP contribution in [0.3, 0.4) is 0 Å². The van der Waals surface area contributed by atoms with E-state index in [0.717, 1.165) is 12.0 Å². The zero-order valence-corrected chi connectivity index (χ0v) is 17.1. The van der Waals surface area contributed by atoms with E-state index in [4.69, 9.17) is 4.74 Å². The van der Waals surface area contributed by atoms with E-state index in [1.54, 1.807) is 38.1 Å². The Morgan fingerprint density at radius 2 is 1.59 bits per heavy atom. The third kappa shape index (κ3) is 5.38. The van der Waals surface area contributed by atoms with E-state index in [9.17, 15) is 13.2 Å². The first-order chi connectivity index (χ1) is 13.7. The Bertz CT molecular complexity index is 771. The molecule has 0 aromatic heterocycles. The van der Waals surface area contributed by atoms with E-state index in [0.29, 0.717) is 13.2 Å². The second kappa shape index (κ2) is 8.86. The Morgan fingerprint density at radius 1 is 0.966 bits per heavy atom. The normalized spacial score (nSPS) is 18.3. The highest BCUT2D eigenvalue weighted by molar-refractivity contribution is 5.29. The smallest absolute Gasteiger partial charge is 0.377 e. The predicted octanol–water partition coefficient (Wildman–Crippen LogP) is 4.73. The quantitative estimate of drug-likeness (QED) is 0.665. The standard InChI is InChI=1S/C23H29F3N2O/c1-16(2)27-21(23(24,25)26)19-11-9-18(10-12-19)13-17(3)28-22(14-29-15-22)20-7-5-4-6-8-20/h4-12,16-17,21,27-28H,13-15H2,1-3H3. The van der Waals surface area contributed by atoms with Gasteiger partial charge in [-0.15, -0.1) is 0 Å². The molecule has 2 aromatic carbocycles. The van der Waals surface area contributed by atoms with Crippen LogP contribution < -0.4 is 10.6 Å². The minimum Gasteiger partial charge on any atom is -0.377 e. The first-order valence-electron chi connectivity index (χ1n) is 10.0. The Morgan fingerprint density at radius 3 is 2.07 bits per heavy atom. The first kappa shape index (κ1) is 21.8. The van der Waals surface area contributed by atoms with Crippen molar-refractivity contribution in [3.05, 3.63) is 71.3 Å². The lowest BCUT2D eigenvalue weighted by Crippen LogP contribution is -2.60. The summed E-state index contributed by atoms with van der Waals surface area (Å²) in [6.07, 6.45) is -3.60. The summed E-state index contributed by atoms with van der Waals surface area (Å²) >= 11 is 0. The summed E-state index contributed by atoms with van der Waals surface area (Å²) in [7, 11) is 0. The molecule has 1 aliphatic rings. The van der Waals surface area contributed by atoms with Crippen LogP contribution in [0.5, 0.6) is 0 Å². The second-order valence-electron chi connectivity index (χ2n) is 8.23. The average molecular weight is 406 g/mol. The molecule has 1 fully saturated rings. The maximum absolute atomic E-state index is 13.4. The largest absolute Gasteiger partial charge is 0.407 e. The van der Waals surface area contributed by atoms with Crippen molar-refractivity contribution in [2.75, 3.05) is 13.2 Å². The molecule has 0 amide bonds. The molecule has 0 aliphatic carbocycles. The molecule has 0 saturated carbocycles. The van der Waals surface area contributed by atoms with Gasteiger partial charge in [-0.3, -0.25) is 0 Å². The maximum atomic E-state index is 13.4. The van der Waals surface area contributed by atoms with Crippen LogP contribution in [0.15, 0.2) is 54.6 Å². The van der Waals surface area contributed by atoms with E-state index in [-0.39, 0.29) is 23.2 Å². The first-order valence-corrected chi connectivity index (χ1v) is 10.0. The lowest BCUT2D eigenvalue weighted by Gasteiger charge is -2.44. The number of ether oxygens (including phenoxy) is 1. The van der Waals surface area contributed by atoms with Crippen LogP contribution in [-0.2, 0) is 16.7 Å². The van der Waals surface area contributed by atoms with Gasteiger partial charge in [0.2, 0.25) is 0 Å². The van der Waals surface area contributed by atoms with E-state index in [1.807, 2.05) is 18.2 Å². The molecule has 2 atom stereocenters. The Hall–Kier alpha value is -1.89. The number of rotatable bonds is 8. The molecule has 0 bridgehead atoms. The van der Waals surface area contributed by atoms with Crippen LogP contribution in [0.2, 0.25) is 0 Å². The maximum Gasteiger partial charge on any atom is 0.407 e. The minimum absolute atomic E-state index is 0.150. The average Bonchev–Trinajstić information content (AvgIpc) is 2.63. The summed E-state index contributed by atoms with van der Waals surface area (Å²) in [5.41, 5.74) is 2.25. The van der Waals surface area contributed by atoms with Gasteiger partial charge in [0.05, 0.1) is 18.8 Å². The predicted molar refractivity (Wildman–Crippen MR) is 109 cm³/mol. The number of alkyl halides is 3. The fraction of sp³-hybridized carbons (Fsp3) is 0.478. The number of halogens is 3. The lowest BCUT2D eigenvalue weighted by atomic mass is 9.86. The zero-order valence-electron chi connectivity index (χ0n) is 17.1. The molecule has 6 heteroatoms. The summed E-state index contributed by atoms with van der Waals surface area (Å²) in [6.45, 7) is 6.76. The highest BCUT2D eigenvalue weighted by Crippen LogP contribution is 2.33. The van der Waals surface area contributed by atoms with Gasteiger partial charge in [0.25, 0.3) is 0 Å². The highest BCUT2D eigenvalue weighted by atomic mass is 19.4. The SMILES string of the molecule is CC(C)NC(c1ccc(CC(C)NC2(c3ccccc3)COC2)cc1)C(F)(F)F. The van der Waals surface area contributed by atoms with Crippen molar-refractivity contribution in [1.29, 1.82) is 0 Å². The van der Waals surface area contributed by atoms with Crippen LogP contribution >= 0.6 is 0 Å². The van der Waals surface area contributed by atoms with Crippen molar-refractivity contribution < 1.29 is 17.9 Å². The number of hydrogen-bond acceptors (Lipinski definition) is 3. The van der Waals surface area contributed by atoms with E-state index < -0.39 is 12.2 Å². The summed E-state index contributed by atoms with van der Waals surface area (Å²) < 4.78 is 45.6. The van der Waals surface area contributed by atoms with E-state index in [1.165, 1.54) is 5.56 Å². The summed E-state index contributed by atoms with van der Waals surface area (Å²) in [5, 5.41) is 6.27. The topological polar surface area (TPSA) is 33.3 Å². The Kier molecular flexibility index (Phi) is 6.66. The number of benzene rings is 2. The van der Waals surface area contributed by atoms with E-state index in [2.05, 4.69) is 29.7 Å². The van der Waals surface area contributed by atoms with Gasteiger partial charge in [0.1, 0.15) is 6.04 Å². The van der Waals surface area contributed by atoms with Crippen molar-refractivity contribution in [3.63, 3.8) is 0 Å². The Balaban J connectivity index is 1.66. The molecule has 29 heavy (non-hydrogen) atoms. The van der Waals surface area contributed by atoms with Gasteiger partial charge in [0, 0.05) is 12.1 Å².